The summed E-state index contributed by atoms with van der Waals surface area (Å²) in [5, 5.41) is 10.4. The van der Waals surface area contributed by atoms with Crippen molar-refractivity contribution in [1.29, 1.82) is 0 Å². The van der Waals surface area contributed by atoms with Crippen LogP contribution < -0.4 is 9.47 Å². The lowest BCUT2D eigenvalue weighted by atomic mass is 9.77. The van der Waals surface area contributed by atoms with Gasteiger partial charge in [0, 0.05) is 12.5 Å². The van der Waals surface area contributed by atoms with Crippen molar-refractivity contribution in [2.75, 3.05) is 0 Å². The van der Waals surface area contributed by atoms with Crippen molar-refractivity contribution in [1.82, 2.24) is 0 Å². The Labute approximate surface area is 174 Å². The number of Topliss-reactive ketones (excluding diaryl/α,β-unsaturated/α-hetero) is 2. The maximum atomic E-state index is 12.8. The molecule has 2 aliphatic carbocycles. The van der Waals surface area contributed by atoms with E-state index in [0.717, 1.165) is 0 Å². The Balaban J connectivity index is 1.57. The first-order valence-electron chi connectivity index (χ1n) is 9.84. The fourth-order valence-electron chi connectivity index (χ4n) is 5.28. The van der Waals surface area contributed by atoms with Gasteiger partial charge in [0.05, 0.1) is 23.1 Å². The number of phenols is 1. The molecule has 9 nitrogen and oxygen atoms in total. The standard InChI is InChI=1S/C22H14O9/c1-8(23)27-14-7-11(25)9-3-2-4-12-16(9)21(14)29-13-6-5-10(24)15-17(13)22(30-12,31-21)20-19(28-20)18(15)26/h2-6,14,19-20,24H,7H2,1H3/t14-,19-,20-,21-,22+/m1/s1. The molecule has 9 heteroatoms. The average molecular weight is 422 g/mol. The fraction of sp³-hybridized carbons (Fsp3) is 0.318. The van der Waals surface area contributed by atoms with Gasteiger partial charge in [0.2, 0.25) is 0 Å². The van der Waals surface area contributed by atoms with E-state index in [2.05, 4.69) is 0 Å². The zero-order chi connectivity index (χ0) is 21.3. The van der Waals surface area contributed by atoms with E-state index in [-0.39, 0.29) is 40.6 Å². The highest BCUT2D eigenvalue weighted by molar-refractivity contribution is 6.07. The number of aromatic hydroxyl groups is 1. The molecular formula is C22H14O9. The van der Waals surface area contributed by atoms with Crippen molar-refractivity contribution in [3.63, 3.8) is 0 Å². The van der Waals surface area contributed by atoms with Gasteiger partial charge in [-0.25, -0.2) is 0 Å². The van der Waals surface area contributed by atoms with Crippen LogP contribution >= 0.6 is 0 Å². The van der Waals surface area contributed by atoms with Gasteiger partial charge in [0.1, 0.15) is 17.2 Å². The van der Waals surface area contributed by atoms with E-state index in [4.69, 9.17) is 23.7 Å². The van der Waals surface area contributed by atoms with Crippen molar-refractivity contribution in [2.24, 2.45) is 0 Å². The highest BCUT2D eigenvalue weighted by Crippen LogP contribution is 2.65. The van der Waals surface area contributed by atoms with Crippen molar-refractivity contribution in [2.45, 2.75) is 43.2 Å². The van der Waals surface area contributed by atoms with Gasteiger partial charge >= 0.3 is 5.97 Å². The van der Waals surface area contributed by atoms with Gasteiger partial charge in [-0.3, -0.25) is 19.1 Å². The predicted octanol–water partition coefficient (Wildman–Crippen LogP) is 1.68. The van der Waals surface area contributed by atoms with E-state index < -0.39 is 35.9 Å². The minimum absolute atomic E-state index is 0.0154. The zero-order valence-electron chi connectivity index (χ0n) is 16.0. The van der Waals surface area contributed by atoms with E-state index >= 15 is 0 Å². The molecule has 1 fully saturated rings. The summed E-state index contributed by atoms with van der Waals surface area (Å²) < 4.78 is 30.3. The summed E-state index contributed by atoms with van der Waals surface area (Å²) in [7, 11) is 0. The SMILES string of the molecule is CC(=O)O[C@@H]1CC(=O)c2cccc3c2[C@@]12Oc1ccc(O)c4c1[C@](O3)(O2)[C@@H]1O[C@@H]1C4=O. The molecule has 0 unspecified atom stereocenters. The van der Waals surface area contributed by atoms with Gasteiger partial charge in [-0.05, 0) is 18.2 Å². The molecule has 0 saturated carbocycles. The first-order valence-corrected chi connectivity index (χ1v) is 9.84. The molecule has 156 valence electrons. The Bertz CT molecular complexity index is 1270. The molecule has 3 aliphatic heterocycles. The smallest absolute Gasteiger partial charge is 0.303 e. The minimum Gasteiger partial charge on any atom is -0.507 e. The third kappa shape index (κ3) is 1.83. The lowest BCUT2D eigenvalue weighted by Crippen LogP contribution is -2.66. The number of benzene rings is 2. The van der Waals surface area contributed by atoms with E-state index in [1.54, 1.807) is 18.2 Å². The first kappa shape index (κ1) is 17.3. The number of esters is 1. The summed E-state index contributed by atoms with van der Waals surface area (Å²) in [6, 6.07) is 7.82. The maximum Gasteiger partial charge on any atom is 0.303 e. The average Bonchev–Trinajstić information content (AvgIpc) is 3.53. The number of ether oxygens (including phenoxy) is 5. The molecule has 1 N–H and O–H groups in total. The number of hydrogen-bond donors (Lipinski definition) is 1. The van der Waals surface area contributed by atoms with Crippen LogP contribution in [0.15, 0.2) is 30.3 Å². The normalized spacial score (nSPS) is 35.1. The van der Waals surface area contributed by atoms with E-state index in [0.29, 0.717) is 16.9 Å². The van der Waals surface area contributed by atoms with Crippen molar-refractivity contribution in [3.05, 3.63) is 52.6 Å². The molecule has 2 aromatic carbocycles. The summed E-state index contributed by atoms with van der Waals surface area (Å²) in [5.41, 5.74) is 0.925. The Morgan fingerprint density at radius 2 is 1.87 bits per heavy atom. The number of fused-ring (bicyclic) bond motifs is 1. The Morgan fingerprint density at radius 3 is 2.68 bits per heavy atom. The molecular weight excluding hydrogens is 408 g/mol. The number of phenolic OH excluding ortho intramolecular Hbond substituents is 1. The molecule has 5 aliphatic rings. The minimum atomic E-state index is -1.68. The van der Waals surface area contributed by atoms with E-state index in [1.165, 1.54) is 19.1 Å². The highest BCUT2D eigenvalue weighted by Gasteiger charge is 2.76. The van der Waals surface area contributed by atoms with Crippen LogP contribution in [0.1, 0.15) is 45.2 Å². The second-order valence-corrected chi connectivity index (χ2v) is 8.22. The number of epoxide rings is 1. The molecule has 0 amide bonds. The second-order valence-electron chi connectivity index (χ2n) is 8.22. The largest absolute Gasteiger partial charge is 0.507 e. The van der Waals surface area contributed by atoms with Gasteiger partial charge in [0.25, 0.3) is 11.6 Å². The topological polar surface area (TPSA) is 121 Å². The molecule has 3 heterocycles. The van der Waals surface area contributed by atoms with E-state index in [1.807, 2.05) is 0 Å². The third-order valence-electron chi connectivity index (χ3n) is 6.47. The summed E-state index contributed by atoms with van der Waals surface area (Å²) in [6.45, 7) is 1.24. The number of carbonyl (C=O) groups excluding carboxylic acids is 3. The monoisotopic (exact) mass is 422 g/mol. The molecule has 5 atom stereocenters. The van der Waals surface area contributed by atoms with Crippen molar-refractivity contribution in [3.8, 4) is 17.2 Å². The van der Waals surface area contributed by atoms with Crippen LogP contribution in [0.3, 0.4) is 0 Å². The Hall–Kier alpha value is -3.43. The molecule has 0 aromatic heterocycles. The summed E-state index contributed by atoms with van der Waals surface area (Å²) in [6.07, 6.45) is -2.86. The van der Waals surface area contributed by atoms with Gasteiger partial charge in [-0.2, -0.15) is 0 Å². The third-order valence-corrected chi connectivity index (χ3v) is 6.47. The fourth-order valence-corrected chi connectivity index (χ4v) is 5.28. The highest BCUT2D eigenvalue weighted by atomic mass is 16.8. The van der Waals surface area contributed by atoms with Crippen LogP contribution in [-0.4, -0.2) is 41.0 Å². The lowest BCUT2D eigenvalue weighted by molar-refractivity contribution is -0.388. The van der Waals surface area contributed by atoms with Gasteiger partial charge in [-0.15, -0.1) is 0 Å². The van der Waals surface area contributed by atoms with Crippen molar-refractivity contribution < 1.29 is 43.2 Å². The van der Waals surface area contributed by atoms with Gasteiger partial charge < -0.3 is 24.1 Å². The van der Waals surface area contributed by atoms with Gasteiger partial charge in [0.15, 0.2) is 29.9 Å². The van der Waals surface area contributed by atoms with Crippen LogP contribution in [0.25, 0.3) is 0 Å². The van der Waals surface area contributed by atoms with Crippen LogP contribution in [0.5, 0.6) is 17.2 Å². The number of carbonyl (C=O) groups is 3. The number of hydrogen-bond acceptors (Lipinski definition) is 9. The summed E-state index contributed by atoms with van der Waals surface area (Å²) >= 11 is 0. The van der Waals surface area contributed by atoms with Crippen LogP contribution in [0, 0.1) is 0 Å². The zero-order valence-corrected chi connectivity index (χ0v) is 16.0. The summed E-state index contributed by atoms with van der Waals surface area (Å²) in [5.74, 6) is -4.21. The molecule has 0 radical (unpaired) electrons. The molecule has 1 saturated heterocycles. The molecule has 7 rings (SSSR count). The molecule has 2 bridgehead atoms. The molecule has 2 aromatic rings. The predicted molar refractivity (Wildman–Crippen MR) is 97.7 cm³/mol. The Kier molecular flexibility index (Phi) is 2.82. The number of ketones is 2. The Morgan fingerprint density at radius 1 is 1.10 bits per heavy atom. The summed E-state index contributed by atoms with van der Waals surface area (Å²) in [4.78, 5) is 37.5. The van der Waals surface area contributed by atoms with Crippen molar-refractivity contribution >= 4 is 17.5 Å². The molecule has 31 heavy (non-hydrogen) atoms. The maximum absolute atomic E-state index is 12.8. The van der Waals surface area contributed by atoms with Gasteiger partial charge in [-0.1, -0.05) is 12.1 Å². The number of rotatable bonds is 1. The second kappa shape index (κ2) is 5.06. The van der Waals surface area contributed by atoms with Crippen LogP contribution in [0.4, 0.5) is 0 Å². The van der Waals surface area contributed by atoms with E-state index in [9.17, 15) is 19.5 Å². The molecule has 2 spiro atoms. The van der Waals surface area contributed by atoms with Crippen LogP contribution in [0.2, 0.25) is 0 Å². The quantitative estimate of drug-likeness (QED) is 0.540. The first-order chi connectivity index (χ1) is 14.9. The van der Waals surface area contributed by atoms with Crippen LogP contribution in [-0.2, 0) is 30.6 Å². The lowest BCUT2D eigenvalue weighted by Gasteiger charge is -2.55.